The van der Waals surface area contributed by atoms with E-state index in [1.165, 1.54) is 10.4 Å². The van der Waals surface area contributed by atoms with E-state index < -0.39 is 0 Å². The first kappa shape index (κ1) is 22.3. The number of hydrogen-bond acceptors (Lipinski definition) is 6. The van der Waals surface area contributed by atoms with E-state index in [9.17, 15) is 0 Å². The predicted molar refractivity (Wildman–Crippen MR) is 138 cm³/mol. The molecule has 3 heterocycles. The molecule has 34 heavy (non-hydrogen) atoms. The van der Waals surface area contributed by atoms with E-state index in [1.54, 1.807) is 18.4 Å². The Bertz CT molecular complexity index is 1340. The Morgan fingerprint density at radius 2 is 1.94 bits per heavy atom. The van der Waals surface area contributed by atoms with Crippen LogP contribution in [0, 0.1) is 6.92 Å². The molecule has 2 aromatic carbocycles. The molecule has 8 heteroatoms. The SMILES string of the molecule is COc1cccc(-c2noc(C3=C(C)N(Cc4cccs4)C(=S)NC3c3ccc(C)cc3)n2)c1. The van der Waals surface area contributed by atoms with Crippen molar-refractivity contribution >= 4 is 34.2 Å². The van der Waals surface area contributed by atoms with Crippen molar-refractivity contribution in [1.82, 2.24) is 20.4 Å². The maximum Gasteiger partial charge on any atom is 0.258 e. The van der Waals surface area contributed by atoms with Gasteiger partial charge in [0.2, 0.25) is 5.82 Å². The number of methoxy groups -OCH3 is 1. The second-order valence-corrected chi connectivity index (χ2v) is 9.53. The van der Waals surface area contributed by atoms with Crippen LogP contribution in [0.4, 0.5) is 0 Å². The molecule has 1 atom stereocenters. The molecule has 0 amide bonds. The summed E-state index contributed by atoms with van der Waals surface area (Å²) in [5, 5.41) is 10.5. The highest BCUT2D eigenvalue weighted by Gasteiger charge is 2.34. The van der Waals surface area contributed by atoms with Crippen molar-refractivity contribution < 1.29 is 9.26 Å². The molecule has 0 saturated carbocycles. The molecule has 0 aliphatic carbocycles. The molecule has 5 rings (SSSR count). The second-order valence-electron chi connectivity index (χ2n) is 8.11. The van der Waals surface area contributed by atoms with E-state index in [4.69, 9.17) is 26.5 Å². The molecule has 0 saturated heterocycles. The van der Waals surface area contributed by atoms with Crippen LogP contribution in [0.2, 0.25) is 0 Å². The summed E-state index contributed by atoms with van der Waals surface area (Å²) in [4.78, 5) is 8.10. The summed E-state index contributed by atoms with van der Waals surface area (Å²) in [6.45, 7) is 4.81. The van der Waals surface area contributed by atoms with Crippen molar-refractivity contribution in [3.63, 3.8) is 0 Å². The smallest absolute Gasteiger partial charge is 0.258 e. The highest BCUT2D eigenvalue weighted by atomic mass is 32.1. The monoisotopic (exact) mass is 488 g/mol. The summed E-state index contributed by atoms with van der Waals surface area (Å²) in [7, 11) is 1.64. The number of nitrogens with one attached hydrogen (secondary N) is 1. The Morgan fingerprint density at radius 1 is 1.12 bits per heavy atom. The van der Waals surface area contributed by atoms with Crippen molar-refractivity contribution in [2.45, 2.75) is 26.4 Å². The first-order valence-corrected chi connectivity index (χ1v) is 12.2. The van der Waals surface area contributed by atoms with Crippen molar-refractivity contribution in [3.8, 4) is 17.1 Å². The number of rotatable bonds is 6. The average Bonchev–Trinajstić information content (AvgIpc) is 3.54. The number of allylic oxidation sites excluding steroid dienone is 1. The Kier molecular flexibility index (Phi) is 6.17. The van der Waals surface area contributed by atoms with Gasteiger partial charge in [-0.15, -0.1) is 11.3 Å². The number of aryl methyl sites for hydroxylation is 1. The van der Waals surface area contributed by atoms with Crippen molar-refractivity contribution in [2.75, 3.05) is 7.11 Å². The van der Waals surface area contributed by atoms with E-state index in [1.807, 2.05) is 30.3 Å². The first-order chi connectivity index (χ1) is 16.5. The third kappa shape index (κ3) is 4.34. The molecule has 1 N–H and O–H groups in total. The average molecular weight is 489 g/mol. The number of hydrogen-bond donors (Lipinski definition) is 1. The lowest BCUT2D eigenvalue weighted by atomic mass is 9.94. The largest absolute Gasteiger partial charge is 0.497 e. The summed E-state index contributed by atoms with van der Waals surface area (Å²) in [6, 6.07) is 20.0. The molecule has 172 valence electrons. The van der Waals surface area contributed by atoms with Gasteiger partial charge in [0.15, 0.2) is 5.11 Å². The maximum atomic E-state index is 5.83. The number of thiocarbonyl (C=S) groups is 1. The Hall–Kier alpha value is -3.49. The van der Waals surface area contributed by atoms with Crippen molar-refractivity contribution in [1.29, 1.82) is 0 Å². The van der Waals surface area contributed by atoms with Crippen LogP contribution in [-0.2, 0) is 6.54 Å². The van der Waals surface area contributed by atoms with Crippen LogP contribution < -0.4 is 10.1 Å². The van der Waals surface area contributed by atoms with Gasteiger partial charge in [-0.2, -0.15) is 4.98 Å². The van der Waals surface area contributed by atoms with E-state index in [0.29, 0.717) is 23.4 Å². The van der Waals surface area contributed by atoms with Crippen LogP contribution in [0.5, 0.6) is 5.75 Å². The van der Waals surface area contributed by atoms with Crippen LogP contribution in [-0.4, -0.2) is 27.3 Å². The highest BCUT2D eigenvalue weighted by Crippen LogP contribution is 2.38. The zero-order valence-corrected chi connectivity index (χ0v) is 20.7. The molecular formula is C26H24N4O2S2. The van der Waals surface area contributed by atoms with Crippen LogP contribution in [0.1, 0.15) is 34.9 Å². The molecule has 1 aliphatic rings. The quantitative estimate of drug-likeness (QED) is 0.335. The fourth-order valence-electron chi connectivity index (χ4n) is 4.03. The molecule has 2 aromatic heterocycles. The molecule has 6 nitrogen and oxygen atoms in total. The second kappa shape index (κ2) is 9.40. The minimum Gasteiger partial charge on any atom is -0.497 e. The number of nitrogens with zero attached hydrogens (tertiary/aromatic N) is 3. The minimum atomic E-state index is -0.203. The molecule has 0 radical (unpaired) electrons. The van der Waals surface area contributed by atoms with Gasteiger partial charge in [-0.3, -0.25) is 0 Å². The molecule has 1 unspecified atom stereocenters. The normalized spacial score (nSPS) is 16.0. The van der Waals surface area contributed by atoms with Gasteiger partial charge in [0.25, 0.3) is 5.89 Å². The van der Waals surface area contributed by atoms with Crippen LogP contribution in [0.3, 0.4) is 0 Å². The summed E-state index contributed by atoms with van der Waals surface area (Å²) >= 11 is 7.50. The molecule has 0 fully saturated rings. The summed E-state index contributed by atoms with van der Waals surface area (Å²) in [6.07, 6.45) is 0. The van der Waals surface area contributed by atoms with Gasteiger partial charge in [-0.05, 0) is 55.2 Å². The summed E-state index contributed by atoms with van der Waals surface area (Å²) in [5.74, 6) is 1.71. The molecular weight excluding hydrogens is 464 g/mol. The molecule has 4 aromatic rings. The molecule has 0 spiro atoms. The van der Waals surface area contributed by atoms with Gasteiger partial charge < -0.3 is 19.5 Å². The van der Waals surface area contributed by atoms with Crippen LogP contribution >= 0.6 is 23.6 Å². The van der Waals surface area contributed by atoms with E-state index in [-0.39, 0.29) is 6.04 Å². The Morgan fingerprint density at radius 3 is 2.68 bits per heavy atom. The van der Waals surface area contributed by atoms with Crippen molar-refractivity contribution in [3.05, 3.63) is 93.6 Å². The number of ether oxygens (including phenoxy) is 1. The summed E-state index contributed by atoms with van der Waals surface area (Å²) < 4.78 is 11.2. The minimum absolute atomic E-state index is 0.203. The number of thiophene rings is 1. The lowest BCUT2D eigenvalue weighted by Crippen LogP contribution is -2.45. The molecule has 0 bridgehead atoms. The van der Waals surface area contributed by atoms with E-state index >= 15 is 0 Å². The van der Waals surface area contributed by atoms with Gasteiger partial charge in [0, 0.05) is 16.1 Å². The lowest BCUT2D eigenvalue weighted by Gasteiger charge is -2.37. The van der Waals surface area contributed by atoms with Gasteiger partial charge >= 0.3 is 0 Å². The Labute approximate surface area is 207 Å². The van der Waals surface area contributed by atoms with Crippen LogP contribution in [0.25, 0.3) is 17.0 Å². The van der Waals surface area contributed by atoms with E-state index in [2.05, 4.69) is 64.9 Å². The third-order valence-corrected chi connectivity index (χ3v) is 7.08. The van der Waals surface area contributed by atoms with Crippen LogP contribution in [0.15, 0.2) is 76.3 Å². The van der Waals surface area contributed by atoms with Gasteiger partial charge in [0.05, 0.1) is 25.3 Å². The molecule has 1 aliphatic heterocycles. The fraction of sp³-hybridized carbons (Fsp3) is 0.192. The number of benzene rings is 2. The summed E-state index contributed by atoms with van der Waals surface area (Å²) in [5.41, 5.74) is 5.01. The predicted octanol–water partition coefficient (Wildman–Crippen LogP) is 5.98. The Balaban J connectivity index is 1.59. The van der Waals surface area contributed by atoms with Gasteiger partial charge in [0.1, 0.15) is 5.75 Å². The lowest BCUT2D eigenvalue weighted by molar-refractivity contribution is 0.396. The fourth-order valence-corrected chi connectivity index (χ4v) is 5.04. The van der Waals surface area contributed by atoms with Gasteiger partial charge in [-0.25, -0.2) is 0 Å². The number of aromatic nitrogens is 2. The van der Waals surface area contributed by atoms with Crippen molar-refractivity contribution in [2.24, 2.45) is 0 Å². The first-order valence-electron chi connectivity index (χ1n) is 10.9. The highest BCUT2D eigenvalue weighted by molar-refractivity contribution is 7.80. The third-order valence-electron chi connectivity index (χ3n) is 5.89. The standard InChI is InChI=1S/C26H24N4O2S2/c1-16-9-11-18(12-10-16)23-22(17(2)30(26(33)27-23)15-21-8-5-13-34-21)25-28-24(29-32-25)19-6-4-7-20(14-19)31-3/h4-14,23H,15H2,1-3H3,(H,27,33). The van der Waals surface area contributed by atoms with Gasteiger partial charge in [-0.1, -0.05) is 53.2 Å². The zero-order chi connectivity index (χ0) is 23.7. The van der Waals surface area contributed by atoms with E-state index in [0.717, 1.165) is 28.1 Å². The topological polar surface area (TPSA) is 63.4 Å². The zero-order valence-electron chi connectivity index (χ0n) is 19.1. The maximum absolute atomic E-state index is 5.83.